The van der Waals surface area contributed by atoms with E-state index in [4.69, 9.17) is 4.74 Å². The molecule has 1 aromatic heterocycles. The van der Waals surface area contributed by atoms with E-state index in [0.29, 0.717) is 23.0 Å². The Balaban J connectivity index is 1.77. The monoisotopic (exact) mass is 361 g/mol. The van der Waals surface area contributed by atoms with Crippen LogP contribution in [-0.2, 0) is 0 Å². The maximum atomic E-state index is 12.7. The molecule has 2 aromatic carbocycles. The topological polar surface area (TPSA) is 63.2 Å². The second kappa shape index (κ2) is 8.36. The van der Waals surface area contributed by atoms with E-state index < -0.39 is 0 Å². The van der Waals surface area contributed by atoms with E-state index in [1.54, 1.807) is 49.7 Å². The zero-order valence-corrected chi connectivity index (χ0v) is 15.7. The molecule has 0 aliphatic heterocycles. The SMILES string of the molecule is COc1ccc(NC(=O)c2cccnc2Nc2ccc(C(C)C)cc2)cc1. The predicted molar refractivity (Wildman–Crippen MR) is 109 cm³/mol. The van der Waals surface area contributed by atoms with E-state index in [0.717, 1.165) is 11.4 Å². The van der Waals surface area contributed by atoms with Crippen molar-refractivity contribution in [1.29, 1.82) is 0 Å². The van der Waals surface area contributed by atoms with Crippen molar-refractivity contribution in [2.75, 3.05) is 17.7 Å². The van der Waals surface area contributed by atoms with Gasteiger partial charge in [0.2, 0.25) is 0 Å². The summed E-state index contributed by atoms with van der Waals surface area (Å²) in [7, 11) is 1.61. The van der Waals surface area contributed by atoms with Crippen LogP contribution in [-0.4, -0.2) is 18.0 Å². The van der Waals surface area contributed by atoms with Crippen molar-refractivity contribution < 1.29 is 9.53 Å². The summed E-state index contributed by atoms with van der Waals surface area (Å²) in [6.45, 7) is 4.31. The first-order valence-electron chi connectivity index (χ1n) is 8.84. The molecule has 5 heteroatoms. The molecule has 3 rings (SSSR count). The summed E-state index contributed by atoms with van der Waals surface area (Å²) < 4.78 is 5.13. The number of carbonyl (C=O) groups excluding carboxylic acids is 1. The van der Waals surface area contributed by atoms with E-state index in [1.165, 1.54) is 5.56 Å². The summed E-state index contributed by atoms with van der Waals surface area (Å²) in [6.07, 6.45) is 1.66. The number of pyridine rings is 1. The largest absolute Gasteiger partial charge is 0.497 e. The Kier molecular flexibility index (Phi) is 5.71. The van der Waals surface area contributed by atoms with Crippen LogP contribution >= 0.6 is 0 Å². The van der Waals surface area contributed by atoms with Gasteiger partial charge in [-0.3, -0.25) is 4.79 Å². The minimum atomic E-state index is -0.227. The zero-order valence-electron chi connectivity index (χ0n) is 15.7. The summed E-state index contributed by atoms with van der Waals surface area (Å²) in [5.74, 6) is 1.50. The highest BCUT2D eigenvalue weighted by Crippen LogP contribution is 2.23. The Bertz CT molecular complexity index is 904. The quantitative estimate of drug-likeness (QED) is 0.633. The third kappa shape index (κ3) is 4.64. The fourth-order valence-electron chi connectivity index (χ4n) is 2.65. The fraction of sp³-hybridized carbons (Fsp3) is 0.182. The molecule has 27 heavy (non-hydrogen) atoms. The average molecular weight is 361 g/mol. The van der Waals surface area contributed by atoms with Crippen molar-refractivity contribution in [2.24, 2.45) is 0 Å². The van der Waals surface area contributed by atoms with Gasteiger partial charge in [-0.1, -0.05) is 26.0 Å². The van der Waals surface area contributed by atoms with Crippen LogP contribution in [0, 0.1) is 0 Å². The van der Waals surface area contributed by atoms with E-state index in [1.807, 2.05) is 12.1 Å². The molecule has 1 heterocycles. The number of ether oxygens (including phenoxy) is 1. The van der Waals surface area contributed by atoms with Crippen LogP contribution in [0.5, 0.6) is 5.75 Å². The van der Waals surface area contributed by atoms with Gasteiger partial charge in [0.05, 0.1) is 12.7 Å². The number of anilines is 3. The average Bonchev–Trinajstić information content (AvgIpc) is 2.69. The number of methoxy groups -OCH3 is 1. The molecule has 0 radical (unpaired) electrons. The first kappa shape index (κ1) is 18.5. The fourth-order valence-corrected chi connectivity index (χ4v) is 2.65. The second-order valence-electron chi connectivity index (χ2n) is 6.48. The van der Waals surface area contributed by atoms with E-state index in [-0.39, 0.29) is 5.91 Å². The number of hydrogen-bond donors (Lipinski definition) is 2. The van der Waals surface area contributed by atoms with E-state index in [9.17, 15) is 4.79 Å². The minimum absolute atomic E-state index is 0.227. The molecular weight excluding hydrogens is 338 g/mol. The normalized spacial score (nSPS) is 10.5. The molecule has 0 saturated heterocycles. The van der Waals surface area contributed by atoms with Crippen molar-refractivity contribution in [3.8, 4) is 5.75 Å². The van der Waals surface area contributed by atoms with Crippen molar-refractivity contribution in [2.45, 2.75) is 19.8 Å². The smallest absolute Gasteiger partial charge is 0.259 e. The Labute approximate surface area is 159 Å². The molecule has 5 nitrogen and oxygen atoms in total. The van der Waals surface area contributed by atoms with Gasteiger partial charge < -0.3 is 15.4 Å². The number of benzene rings is 2. The molecular formula is C22H23N3O2. The maximum Gasteiger partial charge on any atom is 0.259 e. The van der Waals surface area contributed by atoms with Gasteiger partial charge >= 0.3 is 0 Å². The molecule has 3 aromatic rings. The first-order chi connectivity index (χ1) is 13.1. The molecule has 1 amide bonds. The van der Waals surface area contributed by atoms with Crippen molar-refractivity contribution in [3.63, 3.8) is 0 Å². The molecule has 0 bridgehead atoms. The van der Waals surface area contributed by atoms with Crippen LogP contribution in [0.4, 0.5) is 17.2 Å². The number of nitrogens with zero attached hydrogens (tertiary/aromatic N) is 1. The van der Waals surface area contributed by atoms with Crippen LogP contribution in [0.15, 0.2) is 66.9 Å². The summed E-state index contributed by atoms with van der Waals surface area (Å²) in [6, 6.07) is 18.8. The lowest BCUT2D eigenvalue weighted by Crippen LogP contribution is -2.14. The second-order valence-corrected chi connectivity index (χ2v) is 6.48. The lowest BCUT2D eigenvalue weighted by molar-refractivity contribution is 0.102. The molecule has 2 N–H and O–H groups in total. The van der Waals surface area contributed by atoms with Gasteiger partial charge in [0, 0.05) is 17.6 Å². The molecule has 0 atom stereocenters. The summed E-state index contributed by atoms with van der Waals surface area (Å²) >= 11 is 0. The lowest BCUT2D eigenvalue weighted by Gasteiger charge is -2.12. The summed E-state index contributed by atoms with van der Waals surface area (Å²) in [4.78, 5) is 17.0. The van der Waals surface area contributed by atoms with Gasteiger partial charge in [0.15, 0.2) is 0 Å². The molecule has 0 spiro atoms. The first-order valence-corrected chi connectivity index (χ1v) is 8.84. The van der Waals surface area contributed by atoms with Crippen LogP contribution in [0.25, 0.3) is 0 Å². The standard InChI is InChI=1S/C22H23N3O2/c1-15(2)16-6-8-17(9-7-16)24-21-20(5-4-14-23-21)22(26)25-18-10-12-19(27-3)13-11-18/h4-15H,1-3H3,(H,23,24)(H,25,26). The highest BCUT2D eigenvalue weighted by molar-refractivity contribution is 6.07. The molecule has 0 aliphatic rings. The number of rotatable bonds is 6. The third-order valence-electron chi connectivity index (χ3n) is 4.24. The van der Waals surface area contributed by atoms with Crippen LogP contribution in [0.2, 0.25) is 0 Å². The van der Waals surface area contributed by atoms with Gasteiger partial charge in [-0.2, -0.15) is 0 Å². The highest BCUT2D eigenvalue weighted by Gasteiger charge is 2.13. The van der Waals surface area contributed by atoms with Crippen LogP contribution in [0.3, 0.4) is 0 Å². The van der Waals surface area contributed by atoms with Crippen molar-refractivity contribution in [3.05, 3.63) is 78.0 Å². The molecule has 0 unspecified atom stereocenters. The minimum Gasteiger partial charge on any atom is -0.497 e. The van der Waals surface area contributed by atoms with E-state index >= 15 is 0 Å². The number of hydrogen-bond acceptors (Lipinski definition) is 4. The van der Waals surface area contributed by atoms with Gasteiger partial charge in [0.25, 0.3) is 5.91 Å². The van der Waals surface area contributed by atoms with Gasteiger partial charge in [-0.15, -0.1) is 0 Å². The van der Waals surface area contributed by atoms with Crippen LogP contribution in [0.1, 0.15) is 35.7 Å². The van der Waals surface area contributed by atoms with Gasteiger partial charge in [-0.05, 0) is 60.0 Å². The number of amides is 1. The third-order valence-corrected chi connectivity index (χ3v) is 4.24. The summed E-state index contributed by atoms with van der Waals surface area (Å²) in [5, 5.41) is 6.12. The maximum absolute atomic E-state index is 12.7. The Hall–Kier alpha value is -3.34. The lowest BCUT2D eigenvalue weighted by atomic mass is 10.0. The van der Waals surface area contributed by atoms with Gasteiger partial charge in [-0.25, -0.2) is 4.98 Å². The zero-order chi connectivity index (χ0) is 19.2. The number of aromatic nitrogens is 1. The predicted octanol–water partition coefficient (Wildman–Crippen LogP) is 5.21. The highest BCUT2D eigenvalue weighted by atomic mass is 16.5. The Morgan fingerprint density at radius 1 is 0.963 bits per heavy atom. The Morgan fingerprint density at radius 3 is 2.26 bits per heavy atom. The van der Waals surface area contributed by atoms with E-state index in [2.05, 4.69) is 41.6 Å². The molecule has 0 aliphatic carbocycles. The Morgan fingerprint density at radius 2 is 1.63 bits per heavy atom. The van der Waals surface area contributed by atoms with Crippen molar-refractivity contribution >= 4 is 23.1 Å². The summed E-state index contributed by atoms with van der Waals surface area (Å²) in [5.41, 5.74) is 3.31. The van der Waals surface area contributed by atoms with Crippen molar-refractivity contribution in [1.82, 2.24) is 4.98 Å². The number of carbonyl (C=O) groups is 1. The molecule has 0 fully saturated rings. The van der Waals surface area contributed by atoms with Gasteiger partial charge in [0.1, 0.15) is 11.6 Å². The molecule has 0 saturated carbocycles. The molecule has 138 valence electrons. The number of nitrogens with one attached hydrogen (secondary N) is 2. The van der Waals surface area contributed by atoms with Crippen LogP contribution < -0.4 is 15.4 Å².